The molecule has 0 fully saturated rings. The van der Waals surface area contributed by atoms with Crippen LogP contribution in [0, 0.1) is 6.92 Å². The van der Waals surface area contributed by atoms with Crippen molar-refractivity contribution in [1.82, 2.24) is 24.9 Å². The first kappa shape index (κ1) is 11.9. The highest BCUT2D eigenvalue weighted by Crippen LogP contribution is 2.23. The number of rotatable bonds is 3. The molecule has 104 valence electrons. The number of aromatic amines is 2. The van der Waals surface area contributed by atoms with Crippen LogP contribution in [0.3, 0.4) is 0 Å². The van der Waals surface area contributed by atoms with E-state index in [-0.39, 0.29) is 0 Å². The van der Waals surface area contributed by atoms with Gasteiger partial charge in [0.15, 0.2) is 5.65 Å². The van der Waals surface area contributed by atoms with Crippen LogP contribution in [-0.4, -0.2) is 24.9 Å². The van der Waals surface area contributed by atoms with Crippen molar-refractivity contribution in [3.05, 3.63) is 48.3 Å². The molecule has 0 amide bonds. The number of aromatic nitrogens is 5. The molecule has 0 spiro atoms. The lowest BCUT2D eigenvalue weighted by molar-refractivity contribution is 0.298. The Balaban J connectivity index is 1.58. The van der Waals surface area contributed by atoms with Crippen molar-refractivity contribution < 1.29 is 4.74 Å². The molecule has 0 bridgehead atoms. The van der Waals surface area contributed by atoms with Crippen LogP contribution in [0.15, 0.2) is 36.9 Å². The Bertz CT molecular complexity index is 891. The summed E-state index contributed by atoms with van der Waals surface area (Å²) < 4.78 is 5.80. The highest BCUT2D eigenvalue weighted by Gasteiger charge is 2.06. The smallest absolute Gasteiger partial charge is 0.160 e. The number of hydrogen-bond acceptors (Lipinski definition) is 4. The van der Waals surface area contributed by atoms with Crippen LogP contribution >= 0.6 is 0 Å². The summed E-state index contributed by atoms with van der Waals surface area (Å²) in [7, 11) is 0. The van der Waals surface area contributed by atoms with Crippen LogP contribution in [0.25, 0.3) is 22.1 Å². The van der Waals surface area contributed by atoms with Gasteiger partial charge in [0.25, 0.3) is 0 Å². The number of imidazole rings is 1. The number of ether oxygens (including phenoxy) is 1. The summed E-state index contributed by atoms with van der Waals surface area (Å²) in [4.78, 5) is 18.8. The lowest BCUT2D eigenvalue weighted by atomic mass is 10.2. The van der Waals surface area contributed by atoms with Gasteiger partial charge in [-0.3, -0.25) is 0 Å². The van der Waals surface area contributed by atoms with E-state index in [4.69, 9.17) is 4.74 Å². The predicted molar refractivity (Wildman–Crippen MR) is 79.1 cm³/mol. The second-order valence-electron chi connectivity index (χ2n) is 4.91. The zero-order valence-electron chi connectivity index (χ0n) is 11.4. The lowest BCUT2D eigenvalue weighted by Crippen LogP contribution is -1.97. The van der Waals surface area contributed by atoms with Gasteiger partial charge in [-0.2, -0.15) is 0 Å². The van der Waals surface area contributed by atoms with E-state index in [0.29, 0.717) is 6.61 Å². The molecule has 0 radical (unpaired) electrons. The first-order valence-corrected chi connectivity index (χ1v) is 6.65. The van der Waals surface area contributed by atoms with E-state index in [2.05, 4.69) is 31.8 Å². The summed E-state index contributed by atoms with van der Waals surface area (Å²) in [6, 6.07) is 5.99. The highest BCUT2D eigenvalue weighted by molar-refractivity contribution is 5.84. The zero-order valence-corrected chi connectivity index (χ0v) is 11.4. The maximum atomic E-state index is 5.80. The molecule has 1 aromatic carbocycles. The van der Waals surface area contributed by atoms with E-state index in [1.165, 1.54) is 17.3 Å². The third-order valence-corrected chi connectivity index (χ3v) is 3.45. The Kier molecular flexibility index (Phi) is 2.60. The average Bonchev–Trinajstić information content (AvgIpc) is 3.09. The number of hydrogen-bond donors (Lipinski definition) is 2. The number of fused-ring (bicyclic) bond motifs is 2. The topological polar surface area (TPSA) is 79.5 Å². The number of H-pyrrole nitrogens is 2. The first-order valence-electron chi connectivity index (χ1n) is 6.65. The normalized spacial score (nSPS) is 11.3. The van der Waals surface area contributed by atoms with Gasteiger partial charge in [-0.05, 0) is 30.7 Å². The summed E-state index contributed by atoms with van der Waals surface area (Å²) in [5, 5.41) is 1.17. The van der Waals surface area contributed by atoms with Gasteiger partial charge in [0.05, 0.1) is 6.20 Å². The molecule has 0 atom stereocenters. The molecular weight excluding hydrogens is 266 g/mol. The third-order valence-electron chi connectivity index (χ3n) is 3.45. The molecular formula is C15H13N5O. The number of nitrogens with zero attached hydrogens (tertiary/aromatic N) is 3. The summed E-state index contributed by atoms with van der Waals surface area (Å²) in [6.45, 7) is 2.44. The molecule has 0 aliphatic heterocycles. The predicted octanol–water partition coefficient (Wildman–Crippen LogP) is 2.72. The summed E-state index contributed by atoms with van der Waals surface area (Å²) in [5.74, 6) is 1.55. The summed E-state index contributed by atoms with van der Waals surface area (Å²) in [5.41, 5.74) is 3.78. The maximum absolute atomic E-state index is 5.80. The molecule has 0 saturated heterocycles. The van der Waals surface area contributed by atoms with Crippen molar-refractivity contribution in [2.45, 2.75) is 13.5 Å². The maximum Gasteiger partial charge on any atom is 0.160 e. The molecule has 0 saturated carbocycles. The fourth-order valence-electron chi connectivity index (χ4n) is 2.36. The van der Waals surface area contributed by atoms with E-state index >= 15 is 0 Å². The van der Waals surface area contributed by atoms with Crippen molar-refractivity contribution in [3.8, 4) is 5.75 Å². The van der Waals surface area contributed by atoms with Gasteiger partial charge < -0.3 is 14.7 Å². The van der Waals surface area contributed by atoms with Crippen molar-refractivity contribution in [2.75, 3.05) is 0 Å². The van der Waals surface area contributed by atoms with Crippen LogP contribution in [-0.2, 0) is 6.61 Å². The van der Waals surface area contributed by atoms with Crippen molar-refractivity contribution in [1.29, 1.82) is 0 Å². The van der Waals surface area contributed by atoms with Crippen LogP contribution < -0.4 is 4.74 Å². The molecule has 3 aromatic heterocycles. The van der Waals surface area contributed by atoms with Crippen molar-refractivity contribution in [2.24, 2.45) is 0 Å². The third kappa shape index (κ3) is 2.10. The second-order valence-corrected chi connectivity index (χ2v) is 4.91. The number of benzene rings is 1. The van der Waals surface area contributed by atoms with E-state index < -0.39 is 0 Å². The van der Waals surface area contributed by atoms with Crippen LogP contribution in [0.2, 0.25) is 0 Å². The summed E-state index contributed by atoms with van der Waals surface area (Å²) in [6.07, 6.45) is 5.16. The van der Waals surface area contributed by atoms with Gasteiger partial charge in [0, 0.05) is 17.1 Å². The van der Waals surface area contributed by atoms with Gasteiger partial charge >= 0.3 is 0 Å². The van der Waals surface area contributed by atoms with Gasteiger partial charge in [-0.25, -0.2) is 15.0 Å². The van der Waals surface area contributed by atoms with E-state index in [0.717, 1.165) is 28.3 Å². The molecule has 0 aliphatic carbocycles. The SMILES string of the molecule is Cc1c[nH]c2ccc(OCc3nc4cncnc4[nH]3)cc12. The average molecular weight is 279 g/mol. The Morgan fingerprint density at radius 2 is 2.24 bits per heavy atom. The molecule has 3 heterocycles. The minimum Gasteiger partial charge on any atom is -0.486 e. The van der Waals surface area contributed by atoms with Crippen molar-refractivity contribution >= 4 is 22.1 Å². The molecule has 2 N–H and O–H groups in total. The van der Waals surface area contributed by atoms with E-state index in [1.54, 1.807) is 6.20 Å². The van der Waals surface area contributed by atoms with E-state index in [9.17, 15) is 0 Å². The van der Waals surface area contributed by atoms with Crippen LogP contribution in [0.5, 0.6) is 5.75 Å². The van der Waals surface area contributed by atoms with Gasteiger partial charge in [-0.15, -0.1) is 0 Å². The quantitative estimate of drug-likeness (QED) is 0.604. The number of nitrogens with one attached hydrogen (secondary N) is 2. The standard InChI is InChI=1S/C15H13N5O/c1-9-5-17-12-3-2-10(4-11(9)12)21-7-14-19-13-6-16-8-18-15(13)20-14/h2-6,8,17H,7H2,1H3,(H,16,18,19,20). The monoisotopic (exact) mass is 279 g/mol. The molecule has 0 aliphatic rings. The van der Waals surface area contributed by atoms with Crippen LogP contribution in [0.4, 0.5) is 0 Å². The Morgan fingerprint density at radius 1 is 1.29 bits per heavy atom. The molecule has 6 nitrogen and oxygen atoms in total. The molecule has 4 rings (SSSR count). The first-order chi connectivity index (χ1) is 10.3. The Hall–Kier alpha value is -2.89. The largest absolute Gasteiger partial charge is 0.486 e. The molecule has 6 heteroatoms. The number of aryl methyl sites for hydroxylation is 1. The van der Waals surface area contributed by atoms with Crippen LogP contribution in [0.1, 0.15) is 11.4 Å². The highest BCUT2D eigenvalue weighted by atomic mass is 16.5. The Morgan fingerprint density at radius 3 is 3.14 bits per heavy atom. The van der Waals surface area contributed by atoms with E-state index in [1.807, 2.05) is 24.4 Å². The zero-order chi connectivity index (χ0) is 14.2. The summed E-state index contributed by atoms with van der Waals surface area (Å²) >= 11 is 0. The fraction of sp³-hybridized carbons (Fsp3) is 0.133. The Labute approximate surface area is 120 Å². The minimum atomic E-state index is 0.366. The van der Waals surface area contributed by atoms with Gasteiger partial charge in [-0.1, -0.05) is 0 Å². The second kappa shape index (κ2) is 4.59. The lowest BCUT2D eigenvalue weighted by Gasteiger charge is -2.04. The fourth-order valence-corrected chi connectivity index (χ4v) is 2.36. The molecule has 4 aromatic rings. The molecule has 21 heavy (non-hydrogen) atoms. The van der Waals surface area contributed by atoms with Gasteiger partial charge in [0.1, 0.15) is 30.0 Å². The molecule has 0 unspecified atom stereocenters. The van der Waals surface area contributed by atoms with Gasteiger partial charge in [0.2, 0.25) is 0 Å². The minimum absolute atomic E-state index is 0.366. The van der Waals surface area contributed by atoms with Crippen molar-refractivity contribution in [3.63, 3.8) is 0 Å².